The summed E-state index contributed by atoms with van der Waals surface area (Å²) in [6.45, 7) is 0. The van der Waals surface area contributed by atoms with Crippen molar-refractivity contribution in [2.45, 2.75) is 43.6 Å². The predicted octanol–water partition coefficient (Wildman–Crippen LogP) is 12.9. The van der Waals surface area contributed by atoms with Crippen LogP contribution in [0.2, 0.25) is 0 Å². The van der Waals surface area contributed by atoms with E-state index in [0.717, 1.165) is 71.8 Å². The fourth-order valence-electron chi connectivity index (χ4n) is 10.5. The first kappa shape index (κ1) is 32.5. The Labute approximate surface area is 333 Å². The third-order valence-electron chi connectivity index (χ3n) is 12.9. The SMILES string of the molecule is C1=CC(c2cccc3c2Oc2ccccc2C32C3=C(CCC=C3)c3ccccc32)=C(C2=NC(c3cc4c5c(cccc5c3)CC=C4)=CC(c3ccccc3)N2)CC1. The summed E-state index contributed by atoms with van der Waals surface area (Å²) in [6, 6.07) is 46.6. The molecule has 272 valence electrons. The van der Waals surface area contributed by atoms with Gasteiger partial charge in [-0.2, -0.15) is 0 Å². The van der Waals surface area contributed by atoms with Crippen LogP contribution in [0, 0.1) is 0 Å². The average molecular weight is 733 g/mol. The molecule has 3 heteroatoms. The summed E-state index contributed by atoms with van der Waals surface area (Å²) in [7, 11) is 0. The first-order valence-electron chi connectivity index (χ1n) is 20.4. The Morgan fingerprint density at radius 3 is 2.35 bits per heavy atom. The first-order chi connectivity index (χ1) is 28.3. The maximum Gasteiger partial charge on any atom is 0.140 e. The number of allylic oxidation sites excluding steroid dienone is 8. The normalized spacial score (nSPS) is 21.0. The van der Waals surface area contributed by atoms with Crippen molar-refractivity contribution < 1.29 is 4.74 Å². The van der Waals surface area contributed by atoms with Gasteiger partial charge in [0, 0.05) is 27.8 Å². The highest BCUT2D eigenvalue weighted by molar-refractivity contribution is 6.11. The summed E-state index contributed by atoms with van der Waals surface area (Å²) >= 11 is 0. The summed E-state index contributed by atoms with van der Waals surface area (Å²) in [4.78, 5) is 5.55. The van der Waals surface area contributed by atoms with Crippen molar-refractivity contribution in [3.05, 3.63) is 225 Å². The third kappa shape index (κ3) is 4.82. The van der Waals surface area contributed by atoms with Gasteiger partial charge in [0.2, 0.25) is 0 Å². The lowest BCUT2D eigenvalue weighted by Gasteiger charge is -2.41. The Bertz CT molecular complexity index is 2930. The van der Waals surface area contributed by atoms with Crippen molar-refractivity contribution in [2.75, 3.05) is 0 Å². The lowest BCUT2D eigenvalue weighted by Crippen LogP contribution is -2.34. The number of hydrogen-bond donors (Lipinski definition) is 1. The number of hydrogen-bond acceptors (Lipinski definition) is 3. The van der Waals surface area contributed by atoms with Crippen LogP contribution in [0.1, 0.15) is 81.8 Å². The molecule has 2 atom stereocenters. The van der Waals surface area contributed by atoms with E-state index in [2.05, 4.69) is 175 Å². The van der Waals surface area contributed by atoms with Crippen LogP contribution in [0.25, 0.3) is 33.7 Å². The van der Waals surface area contributed by atoms with Crippen LogP contribution in [0.15, 0.2) is 180 Å². The minimum atomic E-state index is -0.470. The number of nitrogens with one attached hydrogen (secondary N) is 1. The standard InChI is InChI=1S/C54H40N2O/c1-2-15-34(16-3-1)48-33-49(38-31-36-19-12-17-35-18-13-20-37(32-38)51(35)36)56-53(55-48)43-24-5-4-21-39(43)42-25-14-29-47-52(42)57-50-30-11-10-28-46(50)54(47)44-26-8-6-22-40(44)41-23-7-9-27-45(41)54/h1-4,6,8-17,19-22,25-33,48H,5,7,18,23-24H2,(H,55,56). The summed E-state index contributed by atoms with van der Waals surface area (Å²) < 4.78 is 7.15. The molecule has 57 heavy (non-hydrogen) atoms. The van der Waals surface area contributed by atoms with E-state index < -0.39 is 5.41 Å². The van der Waals surface area contributed by atoms with Crippen LogP contribution in [-0.4, -0.2) is 5.84 Å². The van der Waals surface area contributed by atoms with Gasteiger partial charge in [0.1, 0.15) is 17.3 Å². The maximum absolute atomic E-state index is 7.15. The molecule has 6 aromatic carbocycles. The molecule has 2 unspecified atom stereocenters. The molecule has 0 amide bonds. The summed E-state index contributed by atoms with van der Waals surface area (Å²) in [5.74, 6) is 2.77. The average Bonchev–Trinajstić information content (AvgIpc) is 3.57. The Kier molecular flexibility index (Phi) is 7.22. The van der Waals surface area contributed by atoms with Crippen LogP contribution in [0.5, 0.6) is 11.5 Å². The van der Waals surface area contributed by atoms with E-state index in [1.807, 2.05) is 0 Å². The van der Waals surface area contributed by atoms with Gasteiger partial charge in [0.25, 0.3) is 0 Å². The molecule has 6 aliphatic rings. The number of nitrogens with zero attached hydrogens (tertiary/aromatic N) is 1. The quantitative estimate of drug-likeness (QED) is 0.196. The van der Waals surface area contributed by atoms with E-state index in [1.54, 1.807) is 0 Å². The molecule has 0 saturated heterocycles. The number of rotatable bonds is 4. The first-order valence-corrected chi connectivity index (χ1v) is 20.4. The predicted molar refractivity (Wildman–Crippen MR) is 234 cm³/mol. The van der Waals surface area contributed by atoms with Gasteiger partial charge in [-0.15, -0.1) is 0 Å². The third-order valence-corrected chi connectivity index (χ3v) is 12.9. The molecule has 3 nitrogen and oxygen atoms in total. The fourth-order valence-corrected chi connectivity index (χ4v) is 10.5. The molecule has 2 heterocycles. The number of fused-ring (bicyclic) bond motifs is 8. The molecule has 0 aromatic heterocycles. The van der Waals surface area contributed by atoms with Crippen LogP contribution < -0.4 is 10.1 Å². The van der Waals surface area contributed by atoms with Gasteiger partial charge in [-0.05, 0) is 112 Å². The van der Waals surface area contributed by atoms with Gasteiger partial charge < -0.3 is 10.1 Å². The van der Waals surface area contributed by atoms with Gasteiger partial charge in [0.05, 0.1) is 17.2 Å². The van der Waals surface area contributed by atoms with Gasteiger partial charge in [0.15, 0.2) is 0 Å². The molecule has 4 aliphatic carbocycles. The second-order valence-electron chi connectivity index (χ2n) is 16.0. The smallest absolute Gasteiger partial charge is 0.140 e. The maximum atomic E-state index is 7.15. The van der Waals surface area contributed by atoms with Gasteiger partial charge in [-0.25, -0.2) is 4.99 Å². The van der Waals surface area contributed by atoms with Crippen molar-refractivity contribution in [3.8, 4) is 11.5 Å². The molecular formula is C54H40N2O. The Balaban J connectivity index is 1.07. The number of aliphatic imine (C=N–C) groups is 1. The Hall–Kier alpha value is -6.71. The molecule has 1 spiro atoms. The molecule has 0 radical (unpaired) electrons. The van der Waals surface area contributed by atoms with E-state index >= 15 is 0 Å². The molecule has 1 N–H and O–H groups in total. The van der Waals surface area contributed by atoms with Crippen LogP contribution >= 0.6 is 0 Å². The van der Waals surface area contributed by atoms with E-state index in [4.69, 9.17) is 9.73 Å². The van der Waals surface area contributed by atoms with Crippen molar-refractivity contribution >= 4 is 39.5 Å². The molecule has 2 aliphatic heterocycles. The largest absolute Gasteiger partial charge is 0.456 e. The van der Waals surface area contributed by atoms with Crippen LogP contribution in [0.4, 0.5) is 0 Å². The highest BCUT2D eigenvalue weighted by atomic mass is 16.5. The Morgan fingerprint density at radius 2 is 1.42 bits per heavy atom. The number of amidine groups is 1. The fraction of sp³-hybridized carbons (Fsp3) is 0.130. The zero-order valence-corrected chi connectivity index (χ0v) is 31.6. The van der Waals surface area contributed by atoms with Crippen molar-refractivity contribution in [2.24, 2.45) is 4.99 Å². The van der Waals surface area contributed by atoms with E-state index in [1.165, 1.54) is 66.4 Å². The van der Waals surface area contributed by atoms with Crippen LogP contribution in [0.3, 0.4) is 0 Å². The molecule has 12 rings (SSSR count). The lowest BCUT2D eigenvalue weighted by atomic mass is 9.64. The summed E-state index contributed by atoms with van der Waals surface area (Å²) in [5.41, 5.74) is 17.0. The summed E-state index contributed by atoms with van der Waals surface area (Å²) in [6.07, 6.45) is 21.1. The zero-order chi connectivity index (χ0) is 37.5. The van der Waals surface area contributed by atoms with Gasteiger partial charge >= 0.3 is 0 Å². The van der Waals surface area contributed by atoms with Crippen LogP contribution in [-0.2, 0) is 11.8 Å². The second kappa shape index (κ2) is 12.7. The molecule has 0 fully saturated rings. The van der Waals surface area contributed by atoms with Gasteiger partial charge in [-0.1, -0.05) is 146 Å². The van der Waals surface area contributed by atoms with E-state index in [-0.39, 0.29) is 6.04 Å². The molecule has 6 aromatic rings. The van der Waals surface area contributed by atoms with Crippen molar-refractivity contribution in [1.29, 1.82) is 0 Å². The number of ether oxygens (including phenoxy) is 1. The zero-order valence-electron chi connectivity index (χ0n) is 31.6. The number of para-hydroxylation sites is 2. The van der Waals surface area contributed by atoms with E-state index in [0.29, 0.717) is 0 Å². The second-order valence-corrected chi connectivity index (χ2v) is 16.0. The van der Waals surface area contributed by atoms with E-state index in [9.17, 15) is 0 Å². The highest BCUT2D eigenvalue weighted by Gasteiger charge is 2.52. The monoisotopic (exact) mass is 732 g/mol. The highest BCUT2D eigenvalue weighted by Crippen LogP contribution is 2.63. The topological polar surface area (TPSA) is 33.6 Å². The number of benzene rings is 6. The minimum Gasteiger partial charge on any atom is -0.456 e. The molecular weight excluding hydrogens is 693 g/mol. The molecule has 0 saturated carbocycles. The lowest BCUT2D eigenvalue weighted by molar-refractivity contribution is 0.434. The van der Waals surface area contributed by atoms with Crippen molar-refractivity contribution in [3.63, 3.8) is 0 Å². The van der Waals surface area contributed by atoms with Gasteiger partial charge in [-0.3, -0.25) is 0 Å². The summed E-state index contributed by atoms with van der Waals surface area (Å²) in [5, 5.41) is 6.55. The molecule has 0 bridgehead atoms. The minimum absolute atomic E-state index is 0.0446. The Morgan fingerprint density at radius 1 is 0.649 bits per heavy atom. The van der Waals surface area contributed by atoms with Crippen molar-refractivity contribution in [1.82, 2.24) is 5.32 Å².